The van der Waals surface area contributed by atoms with E-state index in [4.69, 9.17) is 15.2 Å². The molecular weight excluding hydrogens is 248 g/mol. The second-order valence-corrected chi connectivity index (χ2v) is 5.02. The van der Waals surface area contributed by atoms with Crippen LogP contribution in [0.2, 0.25) is 0 Å². The first kappa shape index (κ1) is 17.5. The number of nitrogens with two attached hydrogens (primary N) is 1. The second-order valence-electron chi connectivity index (χ2n) is 5.02. The normalized spacial score (nSPS) is 13.4. The van der Waals surface area contributed by atoms with Gasteiger partial charge in [-0.25, -0.2) is 9.59 Å². The van der Waals surface area contributed by atoms with E-state index in [1.165, 1.54) is 0 Å². The summed E-state index contributed by atoms with van der Waals surface area (Å²) in [6.07, 6.45) is 2.40. The van der Waals surface area contributed by atoms with Crippen molar-refractivity contribution in [2.24, 2.45) is 11.1 Å². The van der Waals surface area contributed by atoms with E-state index in [2.05, 4.69) is 12.2 Å². The molecule has 0 aromatic rings. The maximum atomic E-state index is 11.4. The van der Waals surface area contributed by atoms with Gasteiger partial charge in [-0.2, -0.15) is 0 Å². The molecule has 0 aliphatic heterocycles. The van der Waals surface area contributed by atoms with Gasteiger partial charge in [-0.05, 0) is 12.8 Å². The highest BCUT2D eigenvalue weighted by atomic mass is 16.6. The fourth-order valence-corrected chi connectivity index (χ4v) is 1.55. The number of nitrogens with one attached hydrogen (secondary N) is 1. The molecule has 3 N–H and O–H groups in total. The topological polar surface area (TPSA) is 90.7 Å². The van der Waals surface area contributed by atoms with E-state index < -0.39 is 17.6 Å². The third-order valence-electron chi connectivity index (χ3n) is 2.77. The van der Waals surface area contributed by atoms with Crippen molar-refractivity contribution in [2.75, 3.05) is 19.8 Å². The van der Waals surface area contributed by atoms with E-state index in [-0.39, 0.29) is 13.2 Å². The zero-order valence-corrected chi connectivity index (χ0v) is 12.2. The van der Waals surface area contributed by atoms with Gasteiger partial charge in [0, 0.05) is 12.0 Å². The molecule has 1 unspecified atom stereocenters. The van der Waals surface area contributed by atoms with E-state index in [0.29, 0.717) is 6.54 Å². The molecule has 0 bridgehead atoms. The van der Waals surface area contributed by atoms with Crippen LogP contribution < -0.4 is 11.1 Å². The van der Waals surface area contributed by atoms with Crippen LogP contribution in [-0.4, -0.2) is 31.9 Å². The van der Waals surface area contributed by atoms with Gasteiger partial charge in [-0.3, -0.25) is 0 Å². The van der Waals surface area contributed by atoms with Crippen LogP contribution in [0.25, 0.3) is 0 Å². The van der Waals surface area contributed by atoms with Crippen molar-refractivity contribution >= 4 is 12.2 Å². The van der Waals surface area contributed by atoms with Gasteiger partial charge in [0.1, 0.15) is 13.2 Å². The number of alkyl carbamates (subject to hydrolysis) is 1. The predicted molar refractivity (Wildman–Crippen MR) is 72.8 cm³/mol. The molecule has 0 spiro atoms. The molecule has 0 saturated carbocycles. The van der Waals surface area contributed by atoms with Gasteiger partial charge in [-0.1, -0.05) is 33.6 Å². The minimum Gasteiger partial charge on any atom is -0.449 e. The highest BCUT2D eigenvalue weighted by Gasteiger charge is 2.27. The summed E-state index contributed by atoms with van der Waals surface area (Å²) in [6, 6.07) is 0. The van der Waals surface area contributed by atoms with Crippen LogP contribution in [0, 0.1) is 5.41 Å². The minimum absolute atomic E-state index is 0.156. The van der Waals surface area contributed by atoms with Crippen molar-refractivity contribution < 1.29 is 19.1 Å². The molecule has 0 heterocycles. The van der Waals surface area contributed by atoms with E-state index in [0.717, 1.165) is 25.7 Å². The zero-order chi connectivity index (χ0) is 14.7. The van der Waals surface area contributed by atoms with Crippen LogP contribution in [0.15, 0.2) is 0 Å². The number of ether oxygens (including phenoxy) is 2. The number of carbonyl (C=O) groups excluding carboxylic acids is 2. The maximum absolute atomic E-state index is 11.4. The molecule has 6 heteroatoms. The first-order valence-electron chi connectivity index (χ1n) is 6.76. The fraction of sp³-hybridized carbons (Fsp3) is 0.846. The highest BCUT2D eigenvalue weighted by Crippen LogP contribution is 2.25. The lowest BCUT2D eigenvalue weighted by Gasteiger charge is -2.28. The van der Waals surface area contributed by atoms with Crippen molar-refractivity contribution in [2.45, 2.75) is 46.5 Å². The number of primary amides is 1. The average molecular weight is 274 g/mol. The van der Waals surface area contributed by atoms with Crippen LogP contribution >= 0.6 is 0 Å². The second kappa shape index (κ2) is 9.47. The smallest absolute Gasteiger partial charge is 0.407 e. The van der Waals surface area contributed by atoms with Crippen molar-refractivity contribution in [3.8, 4) is 0 Å². The SMILES string of the molecule is CCCCC(C)(COC(N)=O)COC(=O)NCCC. The van der Waals surface area contributed by atoms with Gasteiger partial charge in [0.2, 0.25) is 0 Å². The van der Waals surface area contributed by atoms with Crippen LogP contribution in [0.3, 0.4) is 0 Å². The van der Waals surface area contributed by atoms with Gasteiger partial charge in [-0.15, -0.1) is 0 Å². The Kier molecular flexibility index (Phi) is 8.74. The molecule has 0 saturated heterocycles. The molecule has 0 aliphatic carbocycles. The van der Waals surface area contributed by atoms with E-state index in [1.807, 2.05) is 13.8 Å². The Balaban J connectivity index is 4.23. The number of amides is 2. The average Bonchev–Trinajstić information content (AvgIpc) is 2.38. The molecule has 112 valence electrons. The summed E-state index contributed by atoms with van der Waals surface area (Å²) >= 11 is 0. The van der Waals surface area contributed by atoms with E-state index in [9.17, 15) is 9.59 Å². The van der Waals surface area contributed by atoms with Crippen LogP contribution in [0.5, 0.6) is 0 Å². The molecule has 0 radical (unpaired) electrons. The predicted octanol–water partition coefficient (Wildman–Crippen LogP) is 2.41. The van der Waals surface area contributed by atoms with Gasteiger partial charge in [0.25, 0.3) is 0 Å². The maximum Gasteiger partial charge on any atom is 0.407 e. The summed E-state index contributed by atoms with van der Waals surface area (Å²) in [5, 5.41) is 2.63. The summed E-state index contributed by atoms with van der Waals surface area (Å²) in [7, 11) is 0. The Labute approximate surface area is 115 Å². The summed E-state index contributed by atoms with van der Waals surface area (Å²) < 4.78 is 10.0. The van der Waals surface area contributed by atoms with Crippen molar-refractivity contribution in [3.63, 3.8) is 0 Å². The van der Waals surface area contributed by atoms with Crippen LogP contribution in [-0.2, 0) is 9.47 Å². The Bertz CT molecular complexity index is 284. The summed E-state index contributed by atoms with van der Waals surface area (Å²) in [5.74, 6) is 0. The number of hydrogen-bond donors (Lipinski definition) is 2. The van der Waals surface area contributed by atoms with Crippen LogP contribution in [0.1, 0.15) is 46.5 Å². The molecule has 0 rings (SSSR count). The lowest BCUT2D eigenvalue weighted by atomic mass is 9.87. The Morgan fingerprint density at radius 1 is 1.16 bits per heavy atom. The van der Waals surface area contributed by atoms with Gasteiger partial charge in [0.05, 0.1) is 0 Å². The monoisotopic (exact) mass is 274 g/mol. The molecule has 0 aromatic carbocycles. The van der Waals surface area contributed by atoms with Gasteiger partial charge >= 0.3 is 12.2 Å². The lowest BCUT2D eigenvalue weighted by molar-refractivity contribution is 0.0330. The quantitative estimate of drug-likeness (QED) is 0.675. The van der Waals surface area contributed by atoms with Crippen molar-refractivity contribution in [3.05, 3.63) is 0 Å². The molecule has 0 aromatic heterocycles. The van der Waals surface area contributed by atoms with E-state index in [1.54, 1.807) is 0 Å². The third kappa shape index (κ3) is 9.16. The van der Waals surface area contributed by atoms with Crippen molar-refractivity contribution in [1.82, 2.24) is 5.32 Å². The number of hydrogen-bond acceptors (Lipinski definition) is 4. The van der Waals surface area contributed by atoms with Gasteiger partial charge < -0.3 is 20.5 Å². The molecule has 19 heavy (non-hydrogen) atoms. The molecule has 0 aliphatic rings. The number of carbonyl (C=O) groups is 2. The van der Waals surface area contributed by atoms with Crippen LogP contribution in [0.4, 0.5) is 9.59 Å². The van der Waals surface area contributed by atoms with E-state index >= 15 is 0 Å². The Morgan fingerprint density at radius 2 is 1.79 bits per heavy atom. The lowest BCUT2D eigenvalue weighted by Crippen LogP contribution is -2.35. The van der Waals surface area contributed by atoms with Crippen molar-refractivity contribution in [1.29, 1.82) is 0 Å². The zero-order valence-electron chi connectivity index (χ0n) is 12.2. The van der Waals surface area contributed by atoms with Gasteiger partial charge in [0.15, 0.2) is 0 Å². The Morgan fingerprint density at radius 3 is 2.32 bits per heavy atom. The third-order valence-corrected chi connectivity index (χ3v) is 2.77. The largest absolute Gasteiger partial charge is 0.449 e. The first-order valence-corrected chi connectivity index (χ1v) is 6.76. The summed E-state index contributed by atoms with van der Waals surface area (Å²) in [5.41, 5.74) is 4.57. The number of unbranched alkanes of at least 4 members (excludes halogenated alkanes) is 1. The fourth-order valence-electron chi connectivity index (χ4n) is 1.55. The summed E-state index contributed by atoms with van der Waals surface area (Å²) in [6.45, 7) is 6.90. The highest BCUT2D eigenvalue weighted by molar-refractivity contribution is 5.67. The molecule has 1 atom stereocenters. The molecule has 0 fully saturated rings. The Hall–Kier alpha value is -1.46. The molecular formula is C13H26N2O4. The number of rotatable bonds is 9. The summed E-state index contributed by atoms with van der Waals surface area (Å²) in [4.78, 5) is 22.1. The first-order chi connectivity index (χ1) is 8.93. The molecule has 6 nitrogen and oxygen atoms in total. The minimum atomic E-state index is -0.807. The standard InChI is InChI=1S/C13H26N2O4/c1-4-6-7-13(3,9-18-11(14)16)10-19-12(17)15-8-5-2/h4-10H2,1-3H3,(H2,14,16)(H,15,17). The molecule has 2 amide bonds.